The number of halogens is 1. The third kappa shape index (κ3) is 2.92. The maximum absolute atomic E-state index is 10.7. The Morgan fingerprint density at radius 2 is 2.00 bits per heavy atom. The first-order chi connectivity index (χ1) is 9.49. The van der Waals surface area contributed by atoms with E-state index >= 15 is 0 Å². The molecule has 20 heavy (non-hydrogen) atoms. The molecule has 0 amide bonds. The normalized spacial score (nSPS) is 10.2. The van der Waals surface area contributed by atoms with Gasteiger partial charge in [0.1, 0.15) is 0 Å². The molecule has 6 nitrogen and oxygen atoms in total. The van der Waals surface area contributed by atoms with E-state index in [4.69, 9.17) is 11.6 Å². The highest BCUT2D eigenvalue weighted by molar-refractivity contribution is 6.33. The van der Waals surface area contributed by atoms with Gasteiger partial charge in [-0.1, -0.05) is 23.7 Å². The van der Waals surface area contributed by atoms with Crippen LogP contribution < -0.4 is 5.32 Å². The van der Waals surface area contributed by atoms with Crippen LogP contribution in [0.25, 0.3) is 0 Å². The van der Waals surface area contributed by atoms with E-state index < -0.39 is 4.92 Å². The van der Waals surface area contributed by atoms with Gasteiger partial charge in [0, 0.05) is 24.2 Å². The van der Waals surface area contributed by atoms with Gasteiger partial charge in [0.05, 0.1) is 15.6 Å². The second kappa shape index (κ2) is 5.66. The van der Waals surface area contributed by atoms with Gasteiger partial charge in [-0.15, -0.1) is 0 Å². The van der Waals surface area contributed by atoms with Crippen molar-refractivity contribution in [3.63, 3.8) is 0 Å². The molecule has 0 aliphatic carbocycles. The van der Waals surface area contributed by atoms with Crippen molar-refractivity contribution < 1.29 is 15.1 Å². The second-order valence-electron chi connectivity index (χ2n) is 4.06. The highest BCUT2D eigenvalue weighted by Crippen LogP contribution is 2.31. The molecule has 2 aromatic carbocycles. The second-order valence-corrected chi connectivity index (χ2v) is 4.47. The minimum Gasteiger partial charge on any atom is -0.504 e. The standard InChI is InChI=1S/C13H11ClN2O4/c14-10-5-4-9(16(19)20)6-11(10)15-7-8-2-1-3-12(17)13(8)18/h1-6,15,17-18H,7H2. The molecule has 2 rings (SSSR count). The smallest absolute Gasteiger partial charge is 0.271 e. The molecule has 3 N–H and O–H groups in total. The SMILES string of the molecule is O=[N+]([O-])c1ccc(Cl)c(NCc2cccc(O)c2O)c1. The number of phenolic OH excluding ortho intramolecular Hbond substituents is 2. The zero-order valence-electron chi connectivity index (χ0n) is 10.2. The number of nitrogens with zero attached hydrogens (tertiary/aromatic N) is 1. The monoisotopic (exact) mass is 294 g/mol. The molecule has 104 valence electrons. The van der Waals surface area contributed by atoms with Crippen LogP contribution in [0.4, 0.5) is 11.4 Å². The number of nitrogens with one attached hydrogen (secondary N) is 1. The van der Waals surface area contributed by atoms with Crippen LogP contribution in [0.3, 0.4) is 0 Å². The predicted octanol–water partition coefficient (Wildman–Crippen LogP) is 3.27. The molecule has 0 saturated carbocycles. The van der Waals surface area contributed by atoms with Gasteiger partial charge in [0.2, 0.25) is 0 Å². The van der Waals surface area contributed by atoms with Crippen molar-refractivity contribution in [1.82, 2.24) is 0 Å². The molecular formula is C13H11ClN2O4. The molecule has 0 spiro atoms. The van der Waals surface area contributed by atoms with Crippen molar-refractivity contribution in [2.45, 2.75) is 6.54 Å². The van der Waals surface area contributed by atoms with Gasteiger partial charge in [0.15, 0.2) is 11.5 Å². The first-order valence-electron chi connectivity index (χ1n) is 5.66. The van der Waals surface area contributed by atoms with Crippen LogP contribution in [0.15, 0.2) is 36.4 Å². The van der Waals surface area contributed by atoms with Crippen LogP contribution in [-0.2, 0) is 6.54 Å². The van der Waals surface area contributed by atoms with Gasteiger partial charge < -0.3 is 15.5 Å². The molecule has 7 heteroatoms. The number of nitro groups is 1. The summed E-state index contributed by atoms with van der Waals surface area (Å²) in [6, 6.07) is 8.60. The molecular weight excluding hydrogens is 284 g/mol. The third-order valence-corrected chi connectivity index (χ3v) is 3.06. The molecule has 0 aliphatic heterocycles. The molecule has 0 bridgehead atoms. The zero-order valence-corrected chi connectivity index (χ0v) is 11.0. The number of nitro benzene ring substituents is 1. The Balaban J connectivity index is 2.20. The van der Waals surface area contributed by atoms with Gasteiger partial charge in [-0.3, -0.25) is 10.1 Å². The van der Waals surface area contributed by atoms with Crippen molar-refractivity contribution >= 4 is 23.0 Å². The number of benzene rings is 2. The summed E-state index contributed by atoms with van der Waals surface area (Å²) in [7, 11) is 0. The summed E-state index contributed by atoms with van der Waals surface area (Å²) in [6.45, 7) is 0.168. The Bertz CT molecular complexity index is 661. The summed E-state index contributed by atoms with van der Waals surface area (Å²) in [4.78, 5) is 10.2. The molecule has 0 fully saturated rings. The summed E-state index contributed by atoms with van der Waals surface area (Å²) in [5, 5.41) is 32.9. The fourth-order valence-corrected chi connectivity index (χ4v) is 1.86. The van der Waals surface area contributed by atoms with Gasteiger partial charge in [-0.25, -0.2) is 0 Å². The maximum atomic E-state index is 10.7. The average Bonchev–Trinajstić information content (AvgIpc) is 2.41. The molecule has 0 atom stereocenters. The van der Waals surface area contributed by atoms with Crippen LogP contribution in [0.5, 0.6) is 11.5 Å². The molecule has 0 radical (unpaired) electrons. The van der Waals surface area contributed by atoms with E-state index in [1.165, 1.54) is 24.3 Å². The van der Waals surface area contributed by atoms with Gasteiger partial charge in [0.25, 0.3) is 5.69 Å². The molecule has 0 heterocycles. The topological polar surface area (TPSA) is 95.6 Å². The lowest BCUT2D eigenvalue weighted by Gasteiger charge is -2.10. The Morgan fingerprint density at radius 3 is 2.70 bits per heavy atom. The van der Waals surface area contributed by atoms with Crippen molar-refractivity contribution in [2.75, 3.05) is 5.32 Å². The number of aromatic hydroxyl groups is 2. The lowest BCUT2D eigenvalue weighted by atomic mass is 10.2. The van der Waals surface area contributed by atoms with E-state index in [2.05, 4.69) is 5.32 Å². The van der Waals surface area contributed by atoms with E-state index in [9.17, 15) is 20.3 Å². The molecule has 0 unspecified atom stereocenters. The fraction of sp³-hybridized carbons (Fsp3) is 0.0769. The lowest BCUT2D eigenvalue weighted by molar-refractivity contribution is -0.384. The van der Waals surface area contributed by atoms with E-state index in [0.717, 1.165) is 0 Å². The van der Waals surface area contributed by atoms with Crippen LogP contribution >= 0.6 is 11.6 Å². The quantitative estimate of drug-likeness (QED) is 0.457. The Kier molecular flexibility index (Phi) is 3.95. The Morgan fingerprint density at radius 1 is 1.25 bits per heavy atom. The van der Waals surface area contributed by atoms with Crippen LogP contribution in [-0.4, -0.2) is 15.1 Å². The highest BCUT2D eigenvalue weighted by Gasteiger charge is 2.11. The lowest BCUT2D eigenvalue weighted by Crippen LogP contribution is -2.01. The summed E-state index contributed by atoms with van der Waals surface area (Å²) in [6.07, 6.45) is 0. The number of non-ortho nitro benzene ring substituents is 1. The van der Waals surface area contributed by atoms with Crippen LogP contribution in [0.2, 0.25) is 5.02 Å². The molecule has 0 saturated heterocycles. The summed E-state index contributed by atoms with van der Waals surface area (Å²) < 4.78 is 0. The van der Waals surface area contributed by atoms with Crippen molar-refractivity contribution in [2.24, 2.45) is 0 Å². The first kappa shape index (κ1) is 14.0. The highest BCUT2D eigenvalue weighted by atomic mass is 35.5. The van der Waals surface area contributed by atoms with Crippen molar-refractivity contribution in [3.05, 3.63) is 57.1 Å². The third-order valence-electron chi connectivity index (χ3n) is 2.73. The largest absolute Gasteiger partial charge is 0.504 e. The van der Waals surface area contributed by atoms with Crippen molar-refractivity contribution in [1.29, 1.82) is 0 Å². The number of anilines is 1. The van der Waals surface area contributed by atoms with Crippen molar-refractivity contribution in [3.8, 4) is 11.5 Å². The molecule has 0 aliphatic rings. The Labute approximate surface area is 119 Å². The fourth-order valence-electron chi connectivity index (χ4n) is 1.67. The predicted molar refractivity (Wildman–Crippen MR) is 75.2 cm³/mol. The maximum Gasteiger partial charge on any atom is 0.271 e. The van der Waals surface area contributed by atoms with E-state index in [1.54, 1.807) is 12.1 Å². The van der Waals surface area contributed by atoms with E-state index in [-0.39, 0.29) is 23.7 Å². The van der Waals surface area contributed by atoms with E-state index in [1.807, 2.05) is 0 Å². The molecule has 2 aromatic rings. The number of phenols is 2. The molecule has 0 aromatic heterocycles. The Hall–Kier alpha value is -2.47. The van der Waals surface area contributed by atoms with E-state index in [0.29, 0.717) is 16.3 Å². The zero-order chi connectivity index (χ0) is 14.7. The van der Waals surface area contributed by atoms with Gasteiger partial charge in [-0.2, -0.15) is 0 Å². The minimum absolute atomic E-state index is 0.0861. The number of hydrogen-bond acceptors (Lipinski definition) is 5. The van der Waals surface area contributed by atoms with Crippen LogP contribution in [0.1, 0.15) is 5.56 Å². The first-order valence-corrected chi connectivity index (χ1v) is 6.04. The summed E-state index contributed by atoms with van der Waals surface area (Å²) in [5.41, 5.74) is 0.744. The number of para-hydroxylation sites is 1. The van der Waals surface area contributed by atoms with Crippen LogP contribution in [0, 0.1) is 10.1 Å². The summed E-state index contributed by atoms with van der Waals surface area (Å²) >= 11 is 5.94. The van der Waals surface area contributed by atoms with Gasteiger partial charge in [-0.05, 0) is 12.1 Å². The average molecular weight is 295 g/mol. The summed E-state index contributed by atoms with van der Waals surface area (Å²) in [5.74, 6) is -0.462. The number of hydrogen-bond donors (Lipinski definition) is 3. The number of rotatable bonds is 4. The minimum atomic E-state index is -0.521. The van der Waals surface area contributed by atoms with Gasteiger partial charge >= 0.3 is 0 Å².